The third-order valence-electron chi connectivity index (χ3n) is 3.65. The summed E-state index contributed by atoms with van der Waals surface area (Å²) in [5.41, 5.74) is 7.64. The highest BCUT2D eigenvalue weighted by Gasteiger charge is 2.24. The molecule has 0 bridgehead atoms. The van der Waals surface area contributed by atoms with Crippen molar-refractivity contribution in [1.29, 1.82) is 5.41 Å². The molecule has 1 atom stereocenters. The summed E-state index contributed by atoms with van der Waals surface area (Å²) < 4.78 is 1.86. The lowest BCUT2D eigenvalue weighted by atomic mass is 9.97. The molecule has 3 N–H and O–H groups in total. The monoisotopic (exact) mass is 258 g/mol. The molecule has 2 aromatic rings. The van der Waals surface area contributed by atoms with E-state index >= 15 is 0 Å². The van der Waals surface area contributed by atoms with Crippen molar-refractivity contribution in [2.45, 2.75) is 19.8 Å². The van der Waals surface area contributed by atoms with Crippen molar-refractivity contribution < 1.29 is 0 Å². The van der Waals surface area contributed by atoms with Crippen LogP contribution in [0.5, 0.6) is 0 Å². The molecule has 6 heteroatoms. The highest BCUT2D eigenvalue weighted by atomic mass is 15.3. The molecule has 1 saturated heterocycles. The standard InChI is InChI=1S/C13H18N6/c1-9-7-11-13(16-4-6-19(11)17-9)18-5-2-3-10(8-18)12(14)15/h4,6-7,10H,2-3,5,8H2,1H3,(H3,14,15). The van der Waals surface area contributed by atoms with Crippen LogP contribution in [-0.2, 0) is 0 Å². The van der Waals surface area contributed by atoms with Crippen LogP contribution in [0.1, 0.15) is 18.5 Å². The van der Waals surface area contributed by atoms with Crippen molar-refractivity contribution in [3.8, 4) is 0 Å². The Morgan fingerprint density at radius 3 is 3.16 bits per heavy atom. The van der Waals surface area contributed by atoms with Crippen LogP contribution < -0.4 is 10.6 Å². The lowest BCUT2D eigenvalue weighted by Crippen LogP contribution is -2.41. The van der Waals surface area contributed by atoms with Gasteiger partial charge in [-0.05, 0) is 25.8 Å². The molecule has 0 amide bonds. The van der Waals surface area contributed by atoms with E-state index in [9.17, 15) is 0 Å². The minimum absolute atomic E-state index is 0.139. The lowest BCUT2D eigenvalue weighted by Gasteiger charge is -2.33. The topological polar surface area (TPSA) is 83.3 Å². The third-order valence-corrected chi connectivity index (χ3v) is 3.65. The number of aryl methyl sites for hydroxylation is 1. The minimum Gasteiger partial charge on any atom is -0.387 e. The molecular weight excluding hydrogens is 240 g/mol. The Kier molecular flexibility index (Phi) is 2.85. The van der Waals surface area contributed by atoms with Gasteiger partial charge in [0.15, 0.2) is 5.82 Å². The zero-order valence-electron chi connectivity index (χ0n) is 11.0. The summed E-state index contributed by atoms with van der Waals surface area (Å²) >= 11 is 0. The fourth-order valence-corrected chi connectivity index (χ4v) is 2.70. The van der Waals surface area contributed by atoms with Crippen LogP contribution in [0.2, 0.25) is 0 Å². The molecule has 19 heavy (non-hydrogen) atoms. The van der Waals surface area contributed by atoms with Gasteiger partial charge < -0.3 is 10.6 Å². The van der Waals surface area contributed by atoms with E-state index in [1.165, 1.54) is 0 Å². The van der Waals surface area contributed by atoms with Gasteiger partial charge in [-0.1, -0.05) is 0 Å². The number of piperidine rings is 1. The number of aromatic nitrogens is 3. The Morgan fingerprint density at radius 1 is 1.53 bits per heavy atom. The van der Waals surface area contributed by atoms with Crippen LogP contribution >= 0.6 is 0 Å². The number of hydrogen-bond donors (Lipinski definition) is 2. The van der Waals surface area contributed by atoms with E-state index in [1.54, 1.807) is 6.20 Å². The first-order valence-corrected chi connectivity index (χ1v) is 6.55. The van der Waals surface area contributed by atoms with E-state index in [0.717, 1.165) is 43.0 Å². The molecule has 3 rings (SSSR count). The molecular formula is C13H18N6. The predicted molar refractivity (Wildman–Crippen MR) is 74.6 cm³/mol. The van der Waals surface area contributed by atoms with E-state index in [4.69, 9.17) is 11.1 Å². The van der Waals surface area contributed by atoms with Gasteiger partial charge in [0.25, 0.3) is 0 Å². The Bertz CT molecular complexity index is 617. The van der Waals surface area contributed by atoms with E-state index in [-0.39, 0.29) is 11.8 Å². The summed E-state index contributed by atoms with van der Waals surface area (Å²) in [4.78, 5) is 6.71. The van der Waals surface area contributed by atoms with E-state index in [0.29, 0.717) is 0 Å². The van der Waals surface area contributed by atoms with E-state index in [1.807, 2.05) is 23.7 Å². The number of nitrogens with zero attached hydrogens (tertiary/aromatic N) is 4. The molecule has 3 heterocycles. The molecule has 0 aliphatic carbocycles. The molecule has 0 radical (unpaired) electrons. The lowest BCUT2D eigenvalue weighted by molar-refractivity contribution is 0.500. The van der Waals surface area contributed by atoms with Crippen molar-refractivity contribution in [3.63, 3.8) is 0 Å². The summed E-state index contributed by atoms with van der Waals surface area (Å²) in [7, 11) is 0. The fraction of sp³-hybridized carbons (Fsp3) is 0.462. The van der Waals surface area contributed by atoms with Gasteiger partial charge in [0, 0.05) is 31.4 Å². The Labute approximate surface area is 111 Å². The third kappa shape index (κ3) is 2.14. The first-order valence-electron chi connectivity index (χ1n) is 6.55. The zero-order chi connectivity index (χ0) is 13.4. The van der Waals surface area contributed by atoms with Gasteiger partial charge in [0.1, 0.15) is 5.52 Å². The quantitative estimate of drug-likeness (QED) is 0.626. The van der Waals surface area contributed by atoms with E-state index in [2.05, 4.69) is 15.0 Å². The van der Waals surface area contributed by atoms with Crippen LogP contribution in [0.15, 0.2) is 18.5 Å². The Balaban J connectivity index is 1.97. The molecule has 1 unspecified atom stereocenters. The maximum atomic E-state index is 7.62. The van der Waals surface area contributed by atoms with Gasteiger partial charge in [0.2, 0.25) is 0 Å². The van der Waals surface area contributed by atoms with Gasteiger partial charge in [-0.2, -0.15) is 5.10 Å². The fourth-order valence-electron chi connectivity index (χ4n) is 2.70. The highest BCUT2D eigenvalue weighted by molar-refractivity contribution is 5.81. The second-order valence-corrected chi connectivity index (χ2v) is 5.11. The Morgan fingerprint density at radius 2 is 2.37 bits per heavy atom. The van der Waals surface area contributed by atoms with Gasteiger partial charge >= 0.3 is 0 Å². The first-order chi connectivity index (χ1) is 9.15. The zero-order valence-corrected chi connectivity index (χ0v) is 11.0. The maximum Gasteiger partial charge on any atom is 0.154 e. The summed E-state index contributed by atoms with van der Waals surface area (Å²) in [6, 6.07) is 2.04. The first kappa shape index (κ1) is 12.0. The van der Waals surface area contributed by atoms with Crippen molar-refractivity contribution >= 4 is 17.2 Å². The summed E-state index contributed by atoms with van der Waals surface area (Å²) in [6.45, 7) is 3.71. The van der Waals surface area contributed by atoms with Crippen molar-refractivity contribution in [1.82, 2.24) is 14.6 Å². The molecule has 1 fully saturated rings. The van der Waals surface area contributed by atoms with E-state index < -0.39 is 0 Å². The van der Waals surface area contributed by atoms with Gasteiger partial charge in [-0.15, -0.1) is 0 Å². The SMILES string of the molecule is Cc1cc2c(N3CCCC(C(=N)N)C3)nccn2n1. The van der Waals surface area contributed by atoms with Crippen LogP contribution in [0, 0.1) is 18.3 Å². The smallest absolute Gasteiger partial charge is 0.154 e. The maximum absolute atomic E-state index is 7.62. The molecule has 0 saturated carbocycles. The molecule has 100 valence electrons. The van der Waals surface area contributed by atoms with Gasteiger partial charge in [-0.3, -0.25) is 5.41 Å². The summed E-state index contributed by atoms with van der Waals surface area (Å²) in [6.07, 6.45) is 5.66. The number of nitrogens with one attached hydrogen (secondary N) is 1. The second kappa shape index (κ2) is 4.53. The van der Waals surface area contributed by atoms with Crippen LogP contribution in [-0.4, -0.2) is 33.5 Å². The number of hydrogen-bond acceptors (Lipinski definition) is 4. The number of nitrogens with two attached hydrogens (primary N) is 1. The summed E-state index contributed by atoms with van der Waals surface area (Å²) in [5, 5.41) is 12.0. The average molecular weight is 258 g/mol. The second-order valence-electron chi connectivity index (χ2n) is 5.11. The number of amidine groups is 1. The normalized spacial score (nSPS) is 19.8. The van der Waals surface area contributed by atoms with Crippen LogP contribution in [0.4, 0.5) is 5.82 Å². The van der Waals surface area contributed by atoms with Crippen molar-refractivity contribution in [2.75, 3.05) is 18.0 Å². The number of anilines is 1. The molecule has 1 aliphatic rings. The highest BCUT2D eigenvalue weighted by Crippen LogP contribution is 2.25. The van der Waals surface area contributed by atoms with Crippen LogP contribution in [0.25, 0.3) is 5.52 Å². The number of fused-ring (bicyclic) bond motifs is 1. The largest absolute Gasteiger partial charge is 0.387 e. The van der Waals surface area contributed by atoms with Gasteiger partial charge in [0.05, 0.1) is 11.5 Å². The van der Waals surface area contributed by atoms with Crippen LogP contribution in [0.3, 0.4) is 0 Å². The number of rotatable bonds is 2. The van der Waals surface area contributed by atoms with Crippen molar-refractivity contribution in [3.05, 3.63) is 24.2 Å². The molecule has 0 spiro atoms. The Hall–Kier alpha value is -2.11. The average Bonchev–Trinajstić information content (AvgIpc) is 2.78. The van der Waals surface area contributed by atoms with Gasteiger partial charge in [-0.25, -0.2) is 9.50 Å². The predicted octanol–water partition coefficient (Wildman–Crippen LogP) is 1.19. The summed E-state index contributed by atoms with van der Waals surface area (Å²) in [5.74, 6) is 1.36. The molecule has 1 aliphatic heterocycles. The molecule has 2 aromatic heterocycles. The molecule has 6 nitrogen and oxygen atoms in total. The molecule has 0 aromatic carbocycles. The van der Waals surface area contributed by atoms with Crippen molar-refractivity contribution in [2.24, 2.45) is 11.7 Å². The minimum atomic E-state index is 0.139.